The Labute approximate surface area is 248 Å². The van der Waals surface area contributed by atoms with Crippen LogP contribution in [-0.4, -0.2) is 57.8 Å². The van der Waals surface area contributed by atoms with Gasteiger partial charge in [-0.2, -0.15) is 0 Å². The summed E-state index contributed by atoms with van der Waals surface area (Å²) in [4.78, 5) is 12.6. The third-order valence-electron chi connectivity index (χ3n) is 7.98. The van der Waals surface area contributed by atoms with Gasteiger partial charge in [0.2, 0.25) is 5.75 Å². The molecule has 1 aliphatic heterocycles. The second-order valence-electron chi connectivity index (χ2n) is 10.7. The minimum atomic E-state index is -0.322. The lowest BCUT2D eigenvalue weighted by atomic mass is 9.88. The number of ether oxygens (including phenoxy) is 6. The van der Waals surface area contributed by atoms with Crippen LogP contribution in [0.25, 0.3) is 0 Å². The molecule has 1 heterocycles. The van der Waals surface area contributed by atoms with Crippen LogP contribution in [0.5, 0.6) is 28.7 Å². The second-order valence-corrected chi connectivity index (χ2v) is 10.7. The summed E-state index contributed by atoms with van der Waals surface area (Å²) in [5, 5.41) is 10.9. The molecule has 1 saturated heterocycles. The second kappa shape index (κ2) is 15.0. The highest BCUT2D eigenvalue weighted by Gasteiger charge is 2.31. The zero-order chi connectivity index (χ0) is 30.1. The molecule has 1 aliphatic carbocycles. The monoisotopic (exact) mass is 581 g/mol. The number of rotatable bonds is 11. The van der Waals surface area contributed by atoms with Crippen molar-refractivity contribution in [2.24, 2.45) is 5.92 Å². The van der Waals surface area contributed by atoms with E-state index in [0.717, 1.165) is 61.6 Å². The van der Waals surface area contributed by atoms with Crippen LogP contribution >= 0.6 is 0 Å². The molecule has 2 aliphatic rings. The van der Waals surface area contributed by atoms with E-state index in [4.69, 9.17) is 28.4 Å². The van der Waals surface area contributed by atoms with Crippen molar-refractivity contribution >= 4 is 5.91 Å². The van der Waals surface area contributed by atoms with Crippen LogP contribution in [0.2, 0.25) is 0 Å². The van der Waals surface area contributed by atoms with Crippen LogP contribution in [0.15, 0.2) is 24.3 Å². The highest BCUT2D eigenvalue weighted by Crippen LogP contribution is 2.46. The zero-order valence-corrected chi connectivity index (χ0v) is 25.4. The topological polar surface area (TPSA) is 95.9 Å². The summed E-state index contributed by atoms with van der Waals surface area (Å²) in [6, 6.07) is 10.5. The van der Waals surface area contributed by atoms with Gasteiger partial charge < -0.3 is 28.4 Å². The van der Waals surface area contributed by atoms with Crippen LogP contribution in [0, 0.1) is 17.9 Å². The van der Waals surface area contributed by atoms with Crippen LogP contribution in [0.3, 0.4) is 0 Å². The summed E-state index contributed by atoms with van der Waals surface area (Å²) >= 11 is 0. The van der Waals surface area contributed by atoms with E-state index in [9.17, 15) is 10.0 Å². The molecular weight excluding hydrogens is 538 g/mol. The lowest BCUT2D eigenvalue weighted by Gasteiger charge is -2.21. The van der Waals surface area contributed by atoms with Crippen LogP contribution in [0.4, 0.5) is 0 Å². The maximum absolute atomic E-state index is 12.6. The molecule has 0 radical (unpaired) electrons. The molecule has 0 bridgehead atoms. The first-order chi connectivity index (χ1) is 20.4. The van der Waals surface area contributed by atoms with Gasteiger partial charge in [-0.1, -0.05) is 38.2 Å². The van der Waals surface area contributed by atoms with Crippen molar-refractivity contribution in [2.45, 2.75) is 70.3 Å². The minimum absolute atomic E-state index is 0.0946. The fourth-order valence-electron chi connectivity index (χ4n) is 5.74. The Balaban J connectivity index is 1.56. The molecule has 42 heavy (non-hydrogen) atoms. The number of methoxy groups -OCH3 is 4. The van der Waals surface area contributed by atoms with E-state index in [1.165, 1.54) is 0 Å². The Hall–Kier alpha value is -3.61. The molecule has 2 atom stereocenters. The first-order valence-electron chi connectivity index (χ1n) is 14.7. The van der Waals surface area contributed by atoms with Crippen molar-refractivity contribution in [1.29, 1.82) is 0 Å². The normalized spacial score (nSPS) is 18.5. The Morgan fingerprint density at radius 1 is 0.929 bits per heavy atom. The highest BCUT2D eigenvalue weighted by atomic mass is 16.5. The van der Waals surface area contributed by atoms with Crippen LogP contribution < -0.4 is 23.7 Å². The van der Waals surface area contributed by atoms with Gasteiger partial charge in [-0.3, -0.25) is 10.0 Å². The Morgan fingerprint density at radius 3 is 2.19 bits per heavy atom. The van der Waals surface area contributed by atoms with Crippen molar-refractivity contribution in [1.82, 2.24) is 5.06 Å². The first kappa shape index (κ1) is 31.3. The third kappa shape index (κ3) is 7.23. The van der Waals surface area contributed by atoms with Gasteiger partial charge in [0, 0.05) is 29.9 Å². The predicted molar refractivity (Wildman–Crippen MR) is 158 cm³/mol. The van der Waals surface area contributed by atoms with Gasteiger partial charge in [0.15, 0.2) is 23.0 Å². The number of amides is 1. The molecule has 0 aromatic heterocycles. The molecule has 2 fully saturated rings. The molecule has 1 N–H and O–H groups in total. The van der Waals surface area contributed by atoms with Gasteiger partial charge in [0.05, 0.1) is 47.8 Å². The molecule has 228 valence electrons. The number of carbonyl (C=O) groups is 1. The van der Waals surface area contributed by atoms with E-state index >= 15 is 0 Å². The molecule has 1 amide bonds. The molecule has 2 aromatic rings. The van der Waals surface area contributed by atoms with Crippen molar-refractivity contribution < 1.29 is 38.4 Å². The predicted octanol–water partition coefficient (Wildman–Crippen LogP) is 6.06. The Bertz CT molecular complexity index is 1250. The quantitative estimate of drug-likeness (QED) is 0.148. The number of hydrogen-bond donors (Lipinski definition) is 1. The average molecular weight is 582 g/mol. The SMILES string of the molecule is CCCOc1c(CC#CN(O)C(=O)C2CCCCC2)cc(C2COC(c3cc(OC)c(OC)c(OC)c3)C2)cc1OC. The van der Waals surface area contributed by atoms with Crippen LogP contribution in [0.1, 0.15) is 80.6 Å². The van der Waals surface area contributed by atoms with Crippen molar-refractivity contribution in [2.75, 3.05) is 41.7 Å². The van der Waals surface area contributed by atoms with E-state index in [1.807, 2.05) is 25.1 Å². The van der Waals surface area contributed by atoms with E-state index in [2.05, 4.69) is 18.0 Å². The summed E-state index contributed by atoms with van der Waals surface area (Å²) in [5.41, 5.74) is 2.82. The molecule has 2 unspecified atom stereocenters. The summed E-state index contributed by atoms with van der Waals surface area (Å²) in [6.45, 7) is 3.09. The summed E-state index contributed by atoms with van der Waals surface area (Å²) < 4.78 is 34.6. The van der Waals surface area contributed by atoms with E-state index in [0.29, 0.717) is 47.0 Å². The maximum Gasteiger partial charge on any atom is 0.261 e. The van der Waals surface area contributed by atoms with E-state index in [1.54, 1.807) is 28.4 Å². The van der Waals surface area contributed by atoms with Gasteiger partial charge in [-0.05, 0) is 55.0 Å². The fourth-order valence-corrected chi connectivity index (χ4v) is 5.74. The molecule has 1 saturated carbocycles. The highest BCUT2D eigenvalue weighted by molar-refractivity contribution is 5.79. The smallest absolute Gasteiger partial charge is 0.261 e. The number of hydroxylamine groups is 2. The van der Waals surface area contributed by atoms with E-state index < -0.39 is 0 Å². The number of nitrogens with zero attached hydrogens (tertiary/aromatic N) is 1. The Kier molecular flexibility index (Phi) is 11.2. The minimum Gasteiger partial charge on any atom is -0.493 e. The number of hydrogen-bond acceptors (Lipinski definition) is 8. The number of carbonyl (C=O) groups excluding carboxylic acids is 1. The standard InChI is InChI=1S/C33H43NO8/c1-6-15-41-31-23(13-10-14-34(36)33(35)22-11-8-7-9-12-22)16-24(17-28(31)37-2)26-20-27(42-21-26)25-18-29(38-3)32(40-5)30(19-25)39-4/h16-19,22,26-27,36H,6-9,11-13,15,20-21H2,1-5H3. The summed E-state index contributed by atoms with van der Waals surface area (Å²) in [6.07, 6.45) is 6.44. The largest absolute Gasteiger partial charge is 0.493 e. The van der Waals surface area contributed by atoms with Gasteiger partial charge in [0.1, 0.15) is 0 Å². The fraction of sp³-hybridized carbons (Fsp3) is 0.545. The average Bonchev–Trinajstić information content (AvgIpc) is 3.53. The Morgan fingerprint density at radius 2 is 1.57 bits per heavy atom. The van der Waals surface area contributed by atoms with Gasteiger partial charge in [-0.25, -0.2) is 0 Å². The lowest BCUT2D eigenvalue weighted by molar-refractivity contribution is -0.157. The van der Waals surface area contributed by atoms with Gasteiger partial charge in [0.25, 0.3) is 5.91 Å². The molecule has 2 aromatic carbocycles. The number of benzene rings is 2. The lowest BCUT2D eigenvalue weighted by Crippen LogP contribution is -2.31. The molecule has 4 rings (SSSR count). The summed E-state index contributed by atoms with van der Waals surface area (Å²) in [7, 11) is 6.40. The molecule has 0 spiro atoms. The van der Waals surface area contributed by atoms with E-state index in [-0.39, 0.29) is 30.3 Å². The van der Waals surface area contributed by atoms with Crippen molar-refractivity contribution in [3.63, 3.8) is 0 Å². The van der Waals surface area contributed by atoms with Crippen molar-refractivity contribution in [3.8, 4) is 40.7 Å². The zero-order valence-electron chi connectivity index (χ0n) is 25.4. The third-order valence-corrected chi connectivity index (χ3v) is 7.98. The molecule has 9 heteroatoms. The summed E-state index contributed by atoms with van der Waals surface area (Å²) in [5.74, 6) is 5.54. The first-order valence-corrected chi connectivity index (χ1v) is 14.7. The van der Waals surface area contributed by atoms with Gasteiger partial charge >= 0.3 is 0 Å². The van der Waals surface area contributed by atoms with Gasteiger partial charge in [-0.15, -0.1) is 5.06 Å². The molecule has 9 nitrogen and oxygen atoms in total. The van der Waals surface area contributed by atoms with Crippen LogP contribution in [-0.2, 0) is 16.0 Å². The molecular formula is C33H43NO8. The maximum atomic E-state index is 12.6. The van der Waals surface area contributed by atoms with Crippen molar-refractivity contribution in [3.05, 3.63) is 41.0 Å².